The van der Waals surface area contributed by atoms with E-state index in [1.807, 2.05) is 0 Å². The fraction of sp³-hybridized carbons (Fsp3) is 0.533. The first-order chi connectivity index (χ1) is 9.17. The van der Waals surface area contributed by atoms with Crippen molar-refractivity contribution in [1.29, 1.82) is 0 Å². The van der Waals surface area contributed by atoms with Crippen molar-refractivity contribution >= 4 is 11.7 Å². The van der Waals surface area contributed by atoms with E-state index in [1.165, 1.54) is 26.4 Å². The minimum atomic E-state index is -0.398. The van der Waals surface area contributed by atoms with E-state index in [-0.39, 0.29) is 6.10 Å². The maximum atomic E-state index is 11.8. The number of esters is 1. The third-order valence-electron chi connectivity index (χ3n) is 4.36. The van der Waals surface area contributed by atoms with Crippen molar-refractivity contribution < 1.29 is 14.3 Å². The first kappa shape index (κ1) is 12.3. The van der Waals surface area contributed by atoms with Gasteiger partial charge in [-0.25, -0.2) is 4.79 Å². The molecule has 4 heteroatoms. The molecular weight excluding hydrogens is 242 g/mol. The quantitative estimate of drug-likeness (QED) is 0.671. The second-order valence-corrected chi connectivity index (χ2v) is 5.58. The Bertz CT molecular complexity index is 500. The van der Waals surface area contributed by atoms with Crippen LogP contribution in [0.5, 0.6) is 5.75 Å². The van der Waals surface area contributed by atoms with E-state index in [2.05, 4.69) is 0 Å². The molecule has 4 nitrogen and oxygen atoms in total. The Kier molecular flexibility index (Phi) is 3.09. The summed E-state index contributed by atoms with van der Waals surface area (Å²) in [6.45, 7) is 0. The van der Waals surface area contributed by atoms with Gasteiger partial charge < -0.3 is 15.2 Å². The van der Waals surface area contributed by atoms with Crippen LogP contribution in [-0.4, -0.2) is 19.2 Å². The molecule has 1 aromatic rings. The van der Waals surface area contributed by atoms with Crippen molar-refractivity contribution in [3.05, 3.63) is 23.8 Å². The third-order valence-corrected chi connectivity index (χ3v) is 4.36. The van der Waals surface area contributed by atoms with E-state index in [4.69, 9.17) is 15.2 Å². The van der Waals surface area contributed by atoms with Crippen LogP contribution in [0, 0.1) is 11.8 Å². The first-order valence-corrected chi connectivity index (χ1v) is 6.82. The maximum Gasteiger partial charge on any atom is 0.341 e. The summed E-state index contributed by atoms with van der Waals surface area (Å²) in [4.78, 5) is 11.8. The van der Waals surface area contributed by atoms with Crippen molar-refractivity contribution in [2.45, 2.75) is 31.8 Å². The molecule has 3 atom stereocenters. The molecular formula is C15H19NO3. The van der Waals surface area contributed by atoms with Gasteiger partial charge in [0.25, 0.3) is 0 Å². The predicted octanol–water partition coefficient (Wildman–Crippen LogP) is 2.62. The molecule has 1 aromatic carbocycles. The van der Waals surface area contributed by atoms with E-state index in [0.29, 0.717) is 22.9 Å². The lowest BCUT2D eigenvalue weighted by atomic mass is 9.97. The SMILES string of the molecule is COC(=O)c1cc(N)ccc1OC1CC2CCC1C2. The zero-order chi connectivity index (χ0) is 13.4. The minimum absolute atomic E-state index is 0.241. The Morgan fingerprint density at radius 2 is 2.16 bits per heavy atom. The molecule has 3 unspecified atom stereocenters. The summed E-state index contributed by atoms with van der Waals surface area (Å²) in [5.41, 5.74) is 6.69. The molecule has 3 rings (SSSR count). The molecule has 2 aliphatic rings. The summed E-state index contributed by atoms with van der Waals surface area (Å²) in [6, 6.07) is 5.15. The lowest BCUT2D eigenvalue weighted by Gasteiger charge is -2.24. The molecule has 0 saturated heterocycles. The maximum absolute atomic E-state index is 11.8. The standard InChI is InChI=1S/C15H19NO3/c1-18-15(17)12-8-11(16)4-5-13(12)19-14-7-9-2-3-10(14)6-9/h4-5,8-10,14H,2-3,6-7,16H2,1H3. The summed E-state index contributed by atoms with van der Waals surface area (Å²) in [7, 11) is 1.37. The van der Waals surface area contributed by atoms with Crippen LogP contribution in [0.1, 0.15) is 36.0 Å². The van der Waals surface area contributed by atoms with Gasteiger partial charge in [-0.05, 0) is 55.7 Å². The van der Waals surface area contributed by atoms with Gasteiger partial charge >= 0.3 is 5.97 Å². The normalized spacial score (nSPS) is 28.4. The lowest BCUT2D eigenvalue weighted by Crippen LogP contribution is -2.24. The van der Waals surface area contributed by atoms with Crippen LogP contribution >= 0.6 is 0 Å². The highest BCUT2D eigenvalue weighted by atomic mass is 16.5. The fourth-order valence-electron chi connectivity index (χ4n) is 3.41. The van der Waals surface area contributed by atoms with Gasteiger partial charge in [-0.3, -0.25) is 0 Å². The van der Waals surface area contributed by atoms with Gasteiger partial charge in [0.15, 0.2) is 0 Å². The van der Waals surface area contributed by atoms with Crippen LogP contribution < -0.4 is 10.5 Å². The van der Waals surface area contributed by atoms with Crippen molar-refractivity contribution in [2.24, 2.45) is 11.8 Å². The Morgan fingerprint density at radius 3 is 2.79 bits per heavy atom. The van der Waals surface area contributed by atoms with Gasteiger partial charge in [0.1, 0.15) is 17.4 Å². The predicted molar refractivity (Wildman–Crippen MR) is 72.1 cm³/mol. The average molecular weight is 261 g/mol. The van der Waals surface area contributed by atoms with Crippen molar-refractivity contribution in [3.8, 4) is 5.75 Å². The number of rotatable bonds is 3. The topological polar surface area (TPSA) is 61.5 Å². The monoisotopic (exact) mass is 261 g/mol. The average Bonchev–Trinajstić information content (AvgIpc) is 3.02. The fourth-order valence-corrected chi connectivity index (χ4v) is 3.41. The van der Waals surface area contributed by atoms with Crippen LogP contribution in [0.2, 0.25) is 0 Å². The van der Waals surface area contributed by atoms with E-state index in [1.54, 1.807) is 18.2 Å². The number of ether oxygens (including phenoxy) is 2. The number of nitrogen functional groups attached to an aromatic ring is 1. The van der Waals surface area contributed by atoms with Crippen LogP contribution in [0.15, 0.2) is 18.2 Å². The molecule has 0 aromatic heterocycles. The molecule has 2 N–H and O–H groups in total. The van der Waals surface area contributed by atoms with Crippen molar-refractivity contribution in [2.75, 3.05) is 12.8 Å². The number of anilines is 1. The molecule has 0 amide bonds. The summed E-state index contributed by atoms with van der Waals surface area (Å²) < 4.78 is 10.8. The zero-order valence-electron chi connectivity index (χ0n) is 11.1. The van der Waals surface area contributed by atoms with E-state index >= 15 is 0 Å². The van der Waals surface area contributed by atoms with Crippen LogP contribution in [0.4, 0.5) is 5.69 Å². The van der Waals surface area contributed by atoms with E-state index in [0.717, 1.165) is 12.3 Å². The Morgan fingerprint density at radius 1 is 1.32 bits per heavy atom. The van der Waals surface area contributed by atoms with Gasteiger partial charge in [-0.1, -0.05) is 0 Å². The third kappa shape index (κ3) is 2.27. The van der Waals surface area contributed by atoms with Gasteiger partial charge in [-0.15, -0.1) is 0 Å². The molecule has 0 heterocycles. The smallest absolute Gasteiger partial charge is 0.341 e. The van der Waals surface area contributed by atoms with Crippen LogP contribution in [0.25, 0.3) is 0 Å². The number of carbonyl (C=O) groups is 1. The summed E-state index contributed by atoms with van der Waals surface area (Å²) in [5, 5.41) is 0. The Balaban J connectivity index is 1.82. The minimum Gasteiger partial charge on any atom is -0.489 e. The second kappa shape index (κ2) is 4.76. The van der Waals surface area contributed by atoms with Crippen molar-refractivity contribution in [1.82, 2.24) is 0 Å². The highest BCUT2D eigenvalue weighted by Crippen LogP contribution is 2.46. The largest absolute Gasteiger partial charge is 0.489 e. The Hall–Kier alpha value is -1.71. The molecule has 19 heavy (non-hydrogen) atoms. The molecule has 2 saturated carbocycles. The van der Waals surface area contributed by atoms with Crippen molar-refractivity contribution in [3.63, 3.8) is 0 Å². The number of benzene rings is 1. The molecule has 2 fully saturated rings. The number of nitrogens with two attached hydrogens (primary N) is 1. The second-order valence-electron chi connectivity index (χ2n) is 5.58. The van der Waals surface area contributed by atoms with Gasteiger partial charge in [0.05, 0.1) is 7.11 Å². The molecule has 2 bridgehead atoms. The summed E-state index contributed by atoms with van der Waals surface area (Å²) in [6.07, 6.45) is 5.20. The van der Waals surface area contributed by atoms with Gasteiger partial charge in [0, 0.05) is 5.69 Å². The van der Waals surface area contributed by atoms with Crippen LogP contribution in [-0.2, 0) is 4.74 Å². The number of hydrogen-bond donors (Lipinski definition) is 1. The molecule has 0 radical (unpaired) electrons. The summed E-state index contributed by atoms with van der Waals surface area (Å²) in [5.74, 6) is 1.66. The van der Waals surface area contributed by atoms with Crippen LogP contribution in [0.3, 0.4) is 0 Å². The number of carbonyl (C=O) groups excluding carboxylic acids is 1. The molecule has 0 spiro atoms. The number of hydrogen-bond acceptors (Lipinski definition) is 4. The number of fused-ring (bicyclic) bond motifs is 2. The Labute approximate surface area is 112 Å². The zero-order valence-corrected chi connectivity index (χ0v) is 11.1. The van der Waals surface area contributed by atoms with E-state index in [9.17, 15) is 4.79 Å². The lowest BCUT2D eigenvalue weighted by molar-refractivity contribution is 0.0588. The first-order valence-electron chi connectivity index (χ1n) is 6.82. The van der Waals surface area contributed by atoms with E-state index < -0.39 is 5.97 Å². The highest BCUT2D eigenvalue weighted by molar-refractivity contribution is 5.93. The molecule has 0 aliphatic heterocycles. The molecule has 2 aliphatic carbocycles. The summed E-state index contributed by atoms with van der Waals surface area (Å²) >= 11 is 0. The highest BCUT2D eigenvalue weighted by Gasteiger charge is 2.41. The number of methoxy groups -OCH3 is 1. The van der Waals surface area contributed by atoms with Gasteiger partial charge in [-0.2, -0.15) is 0 Å². The van der Waals surface area contributed by atoms with Gasteiger partial charge in [0.2, 0.25) is 0 Å². The molecule has 102 valence electrons.